The first-order valence-electron chi connectivity index (χ1n) is 9.89. The molecule has 4 rings (SSSR count). The number of piperidine rings is 1. The Balaban J connectivity index is 1.44. The summed E-state index contributed by atoms with van der Waals surface area (Å²) in [7, 11) is -3.79. The zero-order valence-electron chi connectivity index (χ0n) is 16.6. The van der Waals surface area contributed by atoms with Crippen molar-refractivity contribution in [3.8, 4) is 10.6 Å². The molecule has 2 aromatic carbocycles. The molecular formula is C22H21FN2O4S2. The van der Waals surface area contributed by atoms with Crippen molar-refractivity contribution in [3.05, 3.63) is 71.5 Å². The molecule has 0 N–H and O–H groups in total. The minimum Gasteiger partial charge on any atom is -0.458 e. The zero-order valence-corrected chi connectivity index (χ0v) is 18.2. The van der Waals surface area contributed by atoms with Crippen LogP contribution in [0, 0.1) is 5.82 Å². The van der Waals surface area contributed by atoms with Crippen molar-refractivity contribution in [1.82, 2.24) is 9.29 Å². The van der Waals surface area contributed by atoms with Crippen LogP contribution in [0.25, 0.3) is 10.6 Å². The summed E-state index contributed by atoms with van der Waals surface area (Å²) in [6.07, 6.45) is 1.87. The molecule has 0 aliphatic carbocycles. The second kappa shape index (κ2) is 9.25. The number of esters is 1. The number of nitrogens with zero attached hydrogens (tertiary/aromatic N) is 2. The van der Waals surface area contributed by atoms with E-state index in [1.807, 2.05) is 0 Å². The van der Waals surface area contributed by atoms with Gasteiger partial charge in [0.15, 0.2) is 0 Å². The van der Waals surface area contributed by atoms with Crippen molar-refractivity contribution < 1.29 is 22.3 Å². The van der Waals surface area contributed by atoms with Crippen LogP contribution in [0.1, 0.15) is 25.0 Å². The number of benzene rings is 2. The predicted octanol–water partition coefficient (Wildman–Crippen LogP) is 4.24. The van der Waals surface area contributed by atoms with Crippen LogP contribution < -0.4 is 0 Å². The molecule has 3 aromatic rings. The highest BCUT2D eigenvalue weighted by Gasteiger charge is 2.38. The van der Waals surface area contributed by atoms with Crippen molar-refractivity contribution in [1.29, 1.82) is 0 Å². The Labute approximate surface area is 184 Å². The van der Waals surface area contributed by atoms with Gasteiger partial charge in [-0.25, -0.2) is 17.8 Å². The van der Waals surface area contributed by atoms with Gasteiger partial charge in [0.2, 0.25) is 10.0 Å². The minimum atomic E-state index is -3.79. The third-order valence-electron chi connectivity index (χ3n) is 5.08. The lowest BCUT2D eigenvalue weighted by molar-refractivity contribution is -0.150. The van der Waals surface area contributed by atoms with Gasteiger partial charge in [-0.15, -0.1) is 11.3 Å². The summed E-state index contributed by atoms with van der Waals surface area (Å²) in [5, 5.41) is 2.46. The maximum atomic E-state index is 13.1. The number of rotatable bonds is 6. The van der Waals surface area contributed by atoms with Gasteiger partial charge in [0.05, 0.1) is 10.6 Å². The molecule has 0 saturated carbocycles. The normalized spacial score (nSPS) is 17.4. The number of carbonyl (C=O) groups excluding carboxylic acids is 1. The van der Waals surface area contributed by atoms with Crippen molar-refractivity contribution in [2.75, 3.05) is 6.54 Å². The summed E-state index contributed by atoms with van der Waals surface area (Å²) in [6, 6.07) is 13.3. The van der Waals surface area contributed by atoms with Crippen molar-refractivity contribution in [3.63, 3.8) is 0 Å². The van der Waals surface area contributed by atoms with Crippen LogP contribution in [-0.4, -0.2) is 36.3 Å². The average Bonchev–Trinajstić information content (AvgIpc) is 3.27. The Morgan fingerprint density at radius 3 is 2.61 bits per heavy atom. The van der Waals surface area contributed by atoms with E-state index in [4.69, 9.17) is 4.74 Å². The summed E-state index contributed by atoms with van der Waals surface area (Å²) in [5.74, 6) is -0.896. The summed E-state index contributed by atoms with van der Waals surface area (Å²) < 4.78 is 45.9. The second-order valence-electron chi connectivity index (χ2n) is 7.20. The van der Waals surface area contributed by atoms with E-state index >= 15 is 0 Å². The lowest BCUT2D eigenvalue weighted by Gasteiger charge is -2.32. The molecule has 0 spiro atoms. The fourth-order valence-corrected chi connectivity index (χ4v) is 5.97. The Morgan fingerprint density at radius 2 is 1.87 bits per heavy atom. The van der Waals surface area contributed by atoms with Crippen LogP contribution in [0.3, 0.4) is 0 Å². The number of hydrogen-bond acceptors (Lipinski definition) is 6. The smallest absolute Gasteiger partial charge is 0.324 e. The lowest BCUT2D eigenvalue weighted by Crippen LogP contribution is -2.48. The molecule has 9 heteroatoms. The third-order valence-corrected chi connectivity index (χ3v) is 7.94. The first-order chi connectivity index (χ1) is 14.9. The predicted molar refractivity (Wildman–Crippen MR) is 115 cm³/mol. The summed E-state index contributed by atoms with van der Waals surface area (Å²) in [4.78, 5) is 17.4. The SMILES string of the molecule is O=C(OCc1csc(-c2ccc(F)cc2)n1)C1CCCCN1S(=O)(=O)c1ccccc1. The van der Waals surface area contributed by atoms with Crippen LogP contribution in [0.5, 0.6) is 0 Å². The molecule has 1 aromatic heterocycles. The van der Waals surface area contributed by atoms with Gasteiger partial charge < -0.3 is 4.74 Å². The number of aromatic nitrogens is 1. The molecule has 0 bridgehead atoms. The molecule has 0 amide bonds. The maximum absolute atomic E-state index is 13.1. The highest BCUT2D eigenvalue weighted by Crippen LogP contribution is 2.27. The van der Waals surface area contributed by atoms with Crippen LogP contribution in [0.15, 0.2) is 64.9 Å². The van der Waals surface area contributed by atoms with E-state index < -0.39 is 22.0 Å². The lowest BCUT2D eigenvalue weighted by atomic mass is 10.1. The largest absolute Gasteiger partial charge is 0.458 e. The van der Waals surface area contributed by atoms with E-state index in [0.717, 1.165) is 12.0 Å². The van der Waals surface area contributed by atoms with Gasteiger partial charge in [0.25, 0.3) is 0 Å². The minimum absolute atomic E-state index is 0.0494. The molecule has 162 valence electrons. The molecule has 0 radical (unpaired) electrons. The van der Waals surface area contributed by atoms with Gasteiger partial charge in [-0.1, -0.05) is 18.2 Å². The molecule has 1 atom stereocenters. The third kappa shape index (κ3) is 4.84. The Hall–Kier alpha value is -2.62. The quantitative estimate of drug-likeness (QED) is 0.515. The van der Waals surface area contributed by atoms with Crippen LogP contribution in [0.4, 0.5) is 4.39 Å². The molecule has 1 unspecified atom stereocenters. The highest BCUT2D eigenvalue weighted by atomic mass is 32.2. The second-order valence-corrected chi connectivity index (χ2v) is 9.95. The molecular weight excluding hydrogens is 439 g/mol. The monoisotopic (exact) mass is 460 g/mol. The van der Waals surface area contributed by atoms with Gasteiger partial charge in [-0.2, -0.15) is 4.31 Å². The van der Waals surface area contributed by atoms with Gasteiger partial charge in [-0.05, 0) is 55.7 Å². The van der Waals surface area contributed by atoms with E-state index in [1.165, 1.54) is 39.9 Å². The maximum Gasteiger partial charge on any atom is 0.324 e. The zero-order chi connectivity index (χ0) is 21.8. The number of ether oxygens (including phenoxy) is 1. The molecule has 6 nitrogen and oxygen atoms in total. The topological polar surface area (TPSA) is 76.6 Å². The number of carbonyl (C=O) groups is 1. The number of hydrogen-bond donors (Lipinski definition) is 0. The van der Waals surface area contributed by atoms with Crippen molar-refractivity contribution >= 4 is 27.3 Å². The fraction of sp³-hybridized carbons (Fsp3) is 0.273. The fourth-order valence-electron chi connectivity index (χ4n) is 3.50. The Bertz CT molecular complexity index is 1150. The van der Waals surface area contributed by atoms with Crippen LogP contribution in [0.2, 0.25) is 0 Å². The van der Waals surface area contributed by atoms with Gasteiger partial charge in [-0.3, -0.25) is 4.79 Å². The Morgan fingerprint density at radius 1 is 1.13 bits per heavy atom. The molecule has 1 fully saturated rings. The first-order valence-corrected chi connectivity index (χ1v) is 12.2. The van der Waals surface area contributed by atoms with Crippen molar-refractivity contribution in [2.45, 2.75) is 36.8 Å². The standard InChI is InChI=1S/C22H21FN2O4S2/c23-17-11-9-16(10-12-17)21-24-18(15-30-21)14-29-22(26)20-8-4-5-13-25(20)31(27,28)19-6-2-1-3-7-19/h1-3,6-7,9-12,15,20H,4-5,8,13-14H2. The summed E-state index contributed by atoms with van der Waals surface area (Å²) in [6.45, 7) is 0.231. The first kappa shape index (κ1) is 21.6. The van der Waals surface area contributed by atoms with E-state index in [2.05, 4.69) is 4.98 Å². The van der Waals surface area contributed by atoms with E-state index in [1.54, 1.807) is 35.7 Å². The number of thiazole rings is 1. The van der Waals surface area contributed by atoms with E-state index in [0.29, 0.717) is 23.5 Å². The highest BCUT2D eigenvalue weighted by molar-refractivity contribution is 7.89. The van der Waals surface area contributed by atoms with Crippen LogP contribution >= 0.6 is 11.3 Å². The van der Waals surface area contributed by atoms with Crippen molar-refractivity contribution in [2.24, 2.45) is 0 Å². The van der Waals surface area contributed by atoms with Gasteiger partial charge >= 0.3 is 5.97 Å². The molecule has 1 aliphatic heterocycles. The molecule has 31 heavy (non-hydrogen) atoms. The van der Waals surface area contributed by atoms with Gasteiger partial charge in [0.1, 0.15) is 23.5 Å². The molecule has 1 aliphatic rings. The number of halogens is 1. The molecule has 1 saturated heterocycles. The summed E-state index contributed by atoms with van der Waals surface area (Å²) >= 11 is 1.37. The number of sulfonamides is 1. The van der Waals surface area contributed by atoms with Crippen LogP contribution in [-0.2, 0) is 26.2 Å². The van der Waals surface area contributed by atoms with E-state index in [-0.39, 0.29) is 23.9 Å². The van der Waals surface area contributed by atoms with E-state index in [9.17, 15) is 17.6 Å². The Kier molecular flexibility index (Phi) is 6.45. The molecule has 2 heterocycles. The average molecular weight is 461 g/mol. The summed E-state index contributed by atoms with van der Waals surface area (Å²) in [5.41, 5.74) is 1.34. The van der Waals surface area contributed by atoms with Gasteiger partial charge in [0, 0.05) is 17.5 Å².